The second kappa shape index (κ2) is 6.53. The van der Waals surface area contributed by atoms with Crippen LogP contribution in [0.15, 0.2) is 24.3 Å². The number of carbonyl (C=O) groups excluding carboxylic acids is 1. The van der Waals surface area contributed by atoms with E-state index in [0.29, 0.717) is 5.69 Å². The number of likely N-dealkylation sites (N-methyl/N-ethyl adjacent to an activating group) is 2. The largest absolute Gasteiger partial charge is 0.323 e. The molecule has 1 aliphatic rings. The number of likely N-dealkylation sites (tertiary alicyclic amines) is 1. The summed E-state index contributed by atoms with van der Waals surface area (Å²) in [5, 5.41) is 13.4. The highest BCUT2D eigenvalue weighted by molar-refractivity contribution is 5.89. The van der Waals surface area contributed by atoms with Crippen LogP contribution in [0, 0.1) is 10.1 Å². The van der Waals surface area contributed by atoms with E-state index in [1.165, 1.54) is 12.1 Å². The number of anilines is 1. The van der Waals surface area contributed by atoms with Crippen LogP contribution in [0.25, 0.3) is 0 Å². The minimum Gasteiger partial charge on any atom is -0.323 e. The Labute approximate surface area is 123 Å². The van der Waals surface area contributed by atoms with Crippen LogP contribution in [0.5, 0.6) is 0 Å². The van der Waals surface area contributed by atoms with Gasteiger partial charge in [0.15, 0.2) is 0 Å². The fourth-order valence-corrected chi connectivity index (χ4v) is 2.49. The first-order valence-electron chi connectivity index (χ1n) is 7.02. The van der Waals surface area contributed by atoms with Crippen LogP contribution in [0.1, 0.15) is 13.3 Å². The smallest absolute Gasteiger partial charge is 0.321 e. The maximum absolute atomic E-state index is 12.2. The number of urea groups is 1. The zero-order valence-corrected chi connectivity index (χ0v) is 12.3. The lowest BCUT2D eigenvalue weighted by Gasteiger charge is -2.25. The second-order valence-electron chi connectivity index (χ2n) is 5.18. The highest BCUT2D eigenvalue weighted by Gasteiger charge is 2.27. The molecule has 2 rings (SSSR count). The average Bonchev–Trinajstić information content (AvgIpc) is 2.95. The van der Waals surface area contributed by atoms with Gasteiger partial charge in [-0.2, -0.15) is 0 Å². The van der Waals surface area contributed by atoms with E-state index in [1.807, 2.05) is 0 Å². The van der Waals surface area contributed by atoms with Gasteiger partial charge in [0.05, 0.1) is 4.92 Å². The van der Waals surface area contributed by atoms with Crippen LogP contribution >= 0.6 is 0 Å². The quantitative estimate of drug-likeness (QED) is 0.681. The number of rotatable bonds is 4. The van der Waals surface area contributed by atoms with E-state index in [4.69, 9.17) is 0 Å². The van der Waals surface area contributed by atoms with Crippen LogP contribution in [-0.4, -0.2) is 53.5 Å². The summed E-state index contributed by atoms with van der Waals surface area (Å²) < 4.78 is 0. The van der Waals surface area contributed by atoms with Crippen LogP contribution in [0.2, 0.25) is 0 Å². The molecule has 1 fully saturated rings. The first kappa shape index (κ1) is 15.2. The summed E-state index contributed by atoms with van der Waals surface area (Å²) in [6, 6.07) is 5.91. The number of hydrogen-bond donors (Lipinski definition) is 1. The van der Waals surface area contributed by atoms with Gasteiger partial charge in [-0.15, -0.1) is 0 Å². The maximum atomic E-state index is 12.2. The predicted octanol–water partition coefficient (Wildman–Crippen LogP) is 2.15. The minimum atomic E-state index is -0.477. The second-order valence-corrected chi connectivity index (χ2v) is 5.18. The van der Waals surface area contributed by atoms with Gasteiger partial charge in [-0.05, 0) is 19.0 Å². The van der Waals surface area contributed by atoms with Crippen molar-refractivity contribution in [3.63, 3.8) is 0 Å². The van der Waals surface area contributed by atoms with Crippen molar-refractivity contribution >= 4 is 17.4 Å². The Morgan fingerprint density at radius 1 is 1.57 bits per heavy atom. The molecule has 1 aromatic carbocycles. The third-order valence-corrected chi connectivity index (χ3v) is 3.87. The molecule has 0 bridgehead atoms. The van der Waals surface area contributed by atoms with Crippen molar-refractivity contribution in [2.45, 2.75) is 19.4 Å². The Balaban J connectivity index is 1.98. The van der Waals surface area contributed by atoms with Gasteiger partial charge in [-0.3, -0.25) is 10.1 Å². The number of nitro groups is 1. The minimum absolute atomic E-state index is 0.0338. The molecular formula is C14H20N4O3. The summed E-state index contributed by atoms with van der Waals surface area (Å²) in [4.78, 5) is 26.4. The van der Waals surface area contributed by atoms with Crippen molar-refractivity contribution in [1.29, 1.82) is 0 Å². The molecule has 21 heavy (non-hydrogen) atoms. The van der Waals surface area contributed by atoms with Crippen LogP contribution in [0.4, 0.5) is 16.2 Å². The van der Waals surface area contributed by atoms with Gasteiger partial charge >= 0.3 is 6.03 Å². The van der Waals surface area contributed by atoms with Gasteiger partial charge in [0.2, 0.25) is 0 Å². The third kappa shape index (κ3) is 3.69. The highest BCUT2D eigenvalue weighted by Crippen LogP contribution is 2.19. The molecule has 0 spiro atoms. The standard InChI is InChI=1S/C14H20N4O3/c1-3-17-8-7-13(10-17)16(2)14(19)15-11-5-4-6-12(9-11)18(20)21/h4-6,9,13H,3,7-8,10H2,1-2H3,(H,15,19)/t13-/m0/s1. The number of nitrogens with zero attached hydrogens (tertiary/aromatic N) is 3. The molecule has 0 saturated carbocycles. The van der Waals surface area contributed by atoms with E-state index in [9.17, 15) is 14.9 Å². The van der Waals surface area contributed by atoms with Gasteiger partial charge in [-0.25, -0.2) is 4.79 Å². The van der Waals surface area contributed by atoms with E-state index < -0.39 is 4.92 Å². The molecule has 7 heteroatoms. The fourth-order valence-electron chi connectivity index (χ4n) is 2.49. The maximum Gasteiger partial charge on any atom is 0.321 e. The van der Waals surface area contributed by atoms with Gasteiger partial charge in [0.25, 0.3) is 5.69 Å². The number of amides is 2. The Morgan fingerprint density at radius 3 is 2.95 bits per heavy atom. The summed E-state index contributed by atoms with van der Waals surface area (Å²) in [5.74, 6) is 0. The van der Waals surface area contributed by atoms with Crippen molar-refractivity contribution in [1.82, 2.24) is 9.80 Å². The number of nitrogens with one attached hydrogen (secondary N) is 1. The lowest BCUT2D eigenvalue weighted by atomic mass is 10.2. The zero-order chi connectivity index (χ0) is 15.4. The summed E-state index contributed by atoms with van der Waals surface area (Å²) >= 11 is 0. The lowest BCUT2D eigenvalue weighted by Crippen LogP contribution is -2.41. The summed E-state index contributed by atoms with van der Waals surface area (Å²) in [5.41, 5.74) is 0.403. The van der Waals surface area contributed by atoms with E-state index in [2.05, 4.69) is 17.1 Å². The number of non-ortho nitro benzene ring substituents is 1. The molecule has 0 unspecified atom stereocenters. The Morgan fingerprint density at radius 2 is 2.33 bits per heavy atom. The van der Waals surface area contributed by atoms with E-state index in [-0.39, 0.29) is 17.8 Å². The summed E-state index contributed by atoms with van der Waals surface area (Å²) in [7, 11) is 1.76. The number of benzene rings is 1. The van der Waals surface area contributed by atoms with Crippen molar-refractivity contribution in [2.75, 3.05) is 32.0 Å². The molecule has 1 aromatic rings. The van der Waals surface area contributed by atoms with Gasteiger partial charge in [0.1, 0.15) is 0 Å². The molecule has 0 aromatic heterocycles. The Bertz CT molecular complexity index is 535. The summed E-state index contributed by atoms with van der Waals surface area (Å²) in [6.07, 6.45) is 0.951. The Hall–Kier alpha value is -2.15. The molecule has 1 aliphatic heterocycles. The van der Waals surface area contributed by atoms with Crippen molar-refractivity contribution in [3.05, 3.63) is 34.4 Å². The first-order valence-corrected chi connectivity index (χ1v) is 7.02. The third-order valence-electron chi connectivity index (χ3n) is 3.87. The van der Waals surface area contributed by atoms with Gasteiger partial charge in [-0.1, -0.05) is 13.0 Å². The van der Waals surface area contributed by atoms with Crippen molar-refractivity contribution in [3.8, 4) is 0 Å². The van der Waals surface area contributed by atoms with Gasteiger partial charge in [0, 0.05) is 44.0 Å². The lowest BCUT2D eigenvalue weighted by molar-refractivity contribution is -0.384. The molecule has 1 saturated heterocycles. The van der Waals surface area contributed by atoms with E-state index in [1.54, 1.807) is 24.1 Å². The first-order chi connectivity index (χ1) is 10.0. The molecule has 7 nitrogen and oxygen atoms in total. The molecule has 2 amide bonds. The highest BCUT2D eigenvalue weighted by atomic mass is 16.6. The predicted molar refractivity (Wildman–Crippen MR) is 80.4 cm³/mol. The molecular weight excluding hydrogens is 272 g/mol. The Kier molecular flexibility index (Phi) is 4.74. The fraction of sp³-hybridized carbons (Fsp3) is 0.500. The van der Waals surface area contributed by atoms with Gasteiger partial charge < -0.3 is 15.1 Å². The summed E-state index contributed by atoms with van der Waals surface area (Å²) in [6.45, 7) is 4.95. The molecule has 0 aliphatic carbocycles. The average molecular weight is 292 g/mol. The number of nitro benzene ring substituents is 1. The number of hydrogen-bond acceptors (Lipinski definition) is 4. The number of carbonyl (C=O) groups is 1. The molecule has 1 atom stereocenters. The topological polar surface area (TPSA) is 78.7 Å². The molecule has 114 valence electrons. The van der Waals surface area contributed by atoms with Crippen LogP contribution in [0.3, 0.4) is 0 Å². The van der Waals surface area contributed by atoms with E-state index in [0.717, 1.165) is 26.1 Å². The van der Waals surface area contributed by atoms with Crippen LogP contribution in [-0.2, 0) is 0 Å². The van der Waals surface area contributed by atoms with Crippen LogP contribution < -0.4 is 5.32 Å². The van der Waals surface area contributed by atoms with E-state index >= 15 is 0 Å². The van der Waals surface area contributed by atoms with Crippen molar-refractivity contribution in [2.24, 2.45) is 0 Å². The SMILES string of the molecule is CCN1CC[C@H](N(C)C(=O)Nc2cccc([N+](=O)[O-])c2)C1. The molecule has 1 heterocycles. The molecule has 1 N–H and O–H groups in total. The monoisotopic (exact) mass is 292 g/mol. The normalized spacial score (nSPS) is 18.5. The zero-order valence-electron chi connectivity index (χ0n) is 12.3. The molecule has 0 radical (unpaired) electrons. The van der Waals surface area contributed by atoms with Crippen molar-refractivity contribution < 1.29 is 9.72 Å².